The van der Waals surface area contributed by atoms with Crippen LogP contribution in [0, 0.1) is 11.7 Å². The number of likely N-dealkylation sites (tertiary alicyclic amines) is 1. The Kier molecular flexibility index (Phi) is 7.38. The molecule has 0 bridgehead atoms. The van der Waals surface area contributed by atoms with E-state index in [1.807, 2.05) is 20.8 Å². The Morgan fingerprint density at radius 3 is 2.41 bits per heavy atom. The third-order valence-electron chi connectivity index (χ3n) is 5.34. The van der Waals surface area contributed by atoms with Crippen LogP contribution in [0.15, 0.2) is 30.0 Å². The number of carbonyl (C=O) groups excluding carboxylic acids is 3. The van der Waals surface area contributed by atoms with Crippen molar-refractivity contribution in [2.45, 2.75) is 58.8 Å². The zero-order valence-electron chi connectivity index (χ0n) is 20.2. The smallest absolute Gasteiger partial charge is 0.410 e. The third-order valence-corrected chi connectivity index (χ3v) is 5.34. The number of esters is 2. The summed E-state index contributed by atoms with van der Waals surface area (Å²) < 4.78 is 30.1. The van der Waals surface area contributed by atoms with Gasteiger partial charge in [0.05, 0.1) is 11.4 Å². The number of hydrogen-bond acceptors (Lipinski definition) is 8. The molecule has 1 amide bonds. The van der Waals surface area contributed by atoms with Crippen molar-refractivity contribution in [3.05, 3.63) is 35.8 Å². The fourth-order valence-electron chi connectivity index (χ4n) is 3.64. The second kappa shape index (κ2) is 9.90. The number of hydrogen-bond donors (Lipinski definition) is 2. The first kappa shape index (κ1) is 25.3. The van der Waals surface area contributed by atoms with Crippen molar-refractivity contribution < 1.29 is 33.0 Å². The molecular weight excluding hydrogens is 445 g/mol. The van der Waals surface area contributed by atoms with Crippen LogP contribution in [0.25, 0.3) is 0 Å². The summed E-state index contributed by atoms with van der Waals surface area (Å²) in [5, 5.41) is 5.93. The predicted octanol–water partition coefficient (Wildman–Crippen LogP) is 4.02. The highest BCUT2D eigenvalue weighted by Crippen LogP contribution is 2.28. The molecule has 0 unspecified atom stereocenters. The van der Waals surface area contributed by atoms with Gasteiger partial charge < -0.3 is 29.7 Å². The van der Waals surface area contributed by atoms with Crippen LogP contribution < -0.4 is 10.6 Å². The van der Waals surface area contributed by atoms with E-state index >= 15 is 0 Å². The van der Waals surface area contributed by atoms with Gasteiger partial charge in [0.1, 0.15) is 11.4 Å². The van der Waals surface area contributed by atoms with E-state index in [9.17, 15) is 18.8 Å². The van der Waals surface area contributed by atoms with E-state index in [-0.39, 0.29) is 23.3 Å². The number of nitrogens with one attached hydrogen (secondary N) is 2. The highest BCUT2D eigenvalue weighted by atomic mass is 19.1. The number of nitrogens with zero attached hydrogens (tertiary/aromatic N) is 1. The number of anilines is 2. The van der Waals surface area contributed by atoms with E-state index in [0.29, 0.717) is 25.3 Å². The van der Waals surface area contributed by atoms with Gasteiger partial charge in [0.15, 0.2) is 5.57 Å². The average molecular weight is 478 g/mol. The van der Waals surface area contributed by atoms with Gasteiger partial charge in [-0.05, 0) is 51.7 Å². The van der Waals surface area contributed by atoms with Gasteiger partial charge in [0.25, 0.3) is 5.79 Å². The van der Waals surface area contributed by atoms with Crippen molar-refractivity contribution in [1.82, 2.24) is 4.90 Å². The number of ether oxygens (including phenoxy) is 3. The third kappa shape index (κ3) is 6.61. The molecule has 2 fully saturated rings. The molecule has 2 saturated heterocycles. The first-order valence-electron chi connectivity index (χ1n) is 11.3. The molecule has 1 aromatic rings. The Morgan fingerprint density at radius 1 is 1.21 bits per heavy atom. The minimum atomic E-state index is -1.34. The van der Waals surface area contributed by atoms with Crippen molar-refractivity contribution in [3.63, 3.8) is 0 Å². The molecule has 0 radical (unpaired) electrons. The quantitative estimate of drug-likeness (QED) is 0.372. The molecular formula is C24H32FN3O6. The molecule has 2 N–H and O–H groups in total. The fraction of sp³-hybridized carbons (Fsp3) is 0.542. The molecule has 1 aromatic carbocycles. The zero-order chi connectivity index (χ0) is 25.1. The van der Waals surface area contributed by atoms with Gasteiger partial charge >= 0.3 is 18.0 Å². The average Bonchev–Trinajstić information content (AvgIpc) is 2.71. The Labute approximate surface area is 198 Å². The van der Waals surface area contributed by atoms with Crippen molar-refractivity contribution in [1.29, 1.82) is 0 Å². The van der Waals surface area contributed by atoms with Crippen LogP contribution >= 0.6 is 0 Å². The molecule has 34 heavy (non-hydrogen) atoms. The van der Waals surface area contributed by atoms with Crippen molar-refractivity contribution in [2.75, 3.05) is 30.3 Å². The van der Waals surface area contributed by atoms with Crippen LogP contribution in [0.3, 0.4) is 0 Å². The van der Waals surface area contributed by atoms with Crippen LogP contribution in [0.5, 0.6) is 0 Å². The Bertz CT molecular complexity index is 955. The maximum absolute atomic E-state index is 14.6. The molecule has 3 rings (SSSR count). The van der Waals surface area contributed by atoms with E-state index < -0.39 is 29.1 Å². The lowest BCUT2D eigenvalue weighted by Gasteiger charge is -2.33. The molecule has 2 aliphatic heterocycles. The van der Waals surface area contributed by atoms with Gasteiger partial charge in [0, 0.05) is 39.7 Å². The summed E-state index contributed by atoms with van der Waals surface area (Å²) >= 11 is 0. The van der Waals surface area contributed by atoms with Gasteiger partial charge in [-0.25, -0.2) is 18.8 Å². The van der Waals surface area contributed by atoms with E-state index in [1.165, 1.54) is 26.0 Å². The second-order valence-corrected chi connectivity index (χ2v) is 9.84. The first-order chi connectivity index (χ1) is 15.8. The molecule has 186 valence electrons. The number of rotatable bonds is 5. The van der Waals surface area contributed by atoms with E-state index in [4.69, 9.17) is 14.2 Å². The van der Waals surface area contributed by atoms with Crippen LogP contribution in [-0.4, -0.2) is 54.0 Å². The molecule has 2 heterocycles. The molecule has 0 spiro atoms. The lowest BCUT2D eigenvalue weighted by molar-refractivity contribution is -0.222. The maximum atomic E-state index is 14.6. The Hall–Kier alpha value is -3.30. The summed E-state index contributed by atoms with van der Waals surface area (Å²) in [4.78, 5) is 38.2. The summed E-state index contributed by atoms with van der Waals surface area (Å²) in [7, 11) is 0. The minimum absolute atomic E-state index is 0.215. The SMILES string of the molecule is CC(C)(C)OC(=O)N1CCC(CNc2c(F)cccc2NC=C2C(=O)OC(C)(C)OC2=O)CC1. The van der Waals surface area contributed by atoms with Gasteiger partial charge in [-0.3, -0.25) is 0 Å². The van der Waals surface area contributed by atoms with Crippen LogP contribution in [0.1, 0.15) is 47.5 Å². The van der Waals surface area contributed by atoms with Crippen LogP contribution in [-0.2, 0) is 23.8 Å². The first-order valence-corrected chi connectivity index (χ1v) is 11.3. The van der Waals surface area contributed by atoms with Crippen LogP contribution in [0.2, 0.25) is 0 Å². The summed E-state index contributed by atoms with van der Waals surface area (Å²) in [6.45, 7) is 10.0. The molecule has 0 saturated carbocycles. The number of carbonyl (C=O) groups is 3. The predicted molar refractivity (Wildman–Crippen MR) is 123 cm³/mol. The molecule has 0 aromatic heterocycles. The molecule has 0 atom stereocenters. The van der Waals surface area contributed by atoms with Crippen molar-refractivity contribution in [3.8, 4) is 0 Å². The van der Waals surface area contributed by atoms with Gasteiger partial charge in [-0.1, -0.05) is 6.07 Å². The van der Waals surface area contributed by atoms with E-state index in [0.717, 1.165) is 19.0 Å². The lowest BCUT2D eigenvalue weighted by Crippen LogP contribution is -2.42. The second-order valence-electron chi connectivity index (χ2n) is 9.84. The normalized spacial score (nSPS) is 18.6. The largest absolute Gasteiger partial charge is 0.444 e. The zero-order valence-corrected chi connectivity index (χ0v) is 20.2. The summed E-state index contributed by atoms with van der Waals surface area (Å²) in [6.07, 6.45) is 2.33. The van der Waals surface area contributed by atoms with Crippen molar-refractivity contribution in [2.24, 2.45) is 5.92 Å². The molecule has 9 nitrogen and oxygen atoms in total. The molecule has 2 aliphatic rings. The number of cyclic esters (lactones) is 2. The topological polar surface area (TPSA) is 106 Å². The summed E-state index contributed by atoms with van der Waals surface area (Å²) in [6, 6.07) is 4.45. The highest BCUT2D eigenvalue weighted by Gasteiger charge is 2.39. The number of halogens is 1. The highest BCUT2D eigenvalue weighted by molar-refractivity contribution is 6.15. The van der Waals surface area contributed by atoms with Gasteiger partial charge in [0.2, 0.25) is 0 Å². The monoisotopic (exact) mass is 477 g/mol. The van der Waals surface area contributed by atoms with E-state index in [1.54, 1.807) is 11.0 Å². The summed E-state index contributed by atoms with van der Waals surface area (Å²) in [5.41, 5.74) is -0.291. The Morgan fingerprint density at radius 2 is 1.82 bits per heavy atom. The molecule has 0 aliphatic carbocycles. The minimum Gasteiger partial charge on any atom is -0.444 e. The molecule has 10 heteroatoms. The van der Waals surface area contributed by atoms with Crippen molar-refractivity contribution >= 4 is 29.4 Å². The van der Waals surface area contributed by atoms with Gasteiger partial charge in [-0.2, -0.15) is 0 Å². The van der Waals surface area contributed by atoms with Crippen LogP contribution in [0.4, 0.5) is 20.6 Å². The van der Waals surface area contributed by atoms with Gasteiger partial charge in [-0.15, -0.1) is 0 Å². The maximum Gasteiger partial charge on any atom is 0.410 e. The lowest BCUT2D eigenvalue weighted by atomic mass is 9.97. The number of amides is 1. The fourth-order valence-corrected chi connectivity index (χ4v) is 3.64. The standard InChI is InChI=1S/C24H32FN3O6/c1-23(2,3)34-22(31)28-11-9-15(10-12-28)13-27-19-17(25)7-6-8-18(19)26-14-16-20(29)32-24(4,5)33-21(16)30/h6-8,14-15,26-27H,9-13H2,1-5H3. The summed E-state index contributed by atoms with van der Waals surface area (Å²) in [5.74, 6) is -3.23. The number of piperidine rings is 1. The number of para-hydroxylation sites is 1. The number of benzene rings is 1. The Balaban J connectivity index is 1.59. The van der Waals surface area contributed by atoms with E-state index in [2.05, 4.69) is 10.6 Å².